The zero-order valence-corrected chi connectivity index (χ0v) is 22.8. The van der Waals surface area contributed by atoms with Gasteiger partial charge in [0.2, 0.25) is 0 Å². The van der Waals surface area contributed by atoms with Gasteiger partial charge in [0.05, 0.1) is 36.4 Å². The number of carbonyl (C=O) groups is 2. The maximum absolute atomic E-state index is 14.6. The van der Waals surface area contributed by atoms with Crippen LogP contribution in [0.5, 0.6) is 0 Å². The first-order valence-electron chi connectivity index (χ1n) is 13.7. The van der Waals surface area contributed by atoms with Gasteiger partial charge in [-0.1, -0.05) is 48.5 Å². The van der Waals surface area contributed by atoms with Crippen LogP contribution in [0.2, 0.25) is 0 Å². The minimum Gasteiger partial charge on any atom is -0.466 e. The maximum Gasteiger partial charge on any atom is 0.433 e. The first-order chi connectivity index (χ1) is 19.7. The van der Waals surface area contributed by atoms with Crippen LogP contribution in [0.15, 0.2) is 60.7 Å². The third-order valence-corrected chi connectivity index (χ3v) is 7.36. The number of carbonyl (C=O) groups excluding carboxylic acids is 2. The van der Waals surface area contributed by atoms with Crippen molar-refractivity contribution in [2.24, 2.45) is 5.92 Å². The van der Waals surface area contributed by atoms with E-state index in [0.717, 1.165) is 15.6 Å². The van der Waals surface area contributed by atoms with Gasteiger partial charge in [-0.15, -0.1) is 0 Å². The summed E-state index contributed by atoms with van der Waals surface area (Å²) in [6.07, 6.45) is -3.56. The number of hydrogen-bond donors (Lipinski definition) is 0. The minimum atomic E-state index is -4.87. The largest absolute Gasteiger partial charge is 0.466 e. The lowest BCUT2D eigenvalue weighted by Gasteiger charge is -2.28. The molecule has 0 saturated heterocycles. The number of esters is 2. The van der Waals surface area contributed by atoms with Crippen molar-refractivity contribution in [1.82, 2.24) is 14.8 Å². The molecule has 0 aliphatic heterocycles. The molecule has 1 fully saturated rings. The van der Waals surface area contributed by atoms with Crippen molar-refractivity contribution < 1.29 is 32.2 Å². The average Bonchev–Trinajstić information content (AvgIpc) is 3.39. The third kappa shape index (κ3) is 5.82. The summed E-state index contributed by atoms with van der Waals surface area (Å²) in [4.78, 5) is 30.0. The van der Waals surface area contributed by atoms with Gasteiger partial charge in [0.1, 0.15) is 11.3 Å². The minimum absolute atomic E-state index is 0.0922. The van der Waals surface area contributed by atoms with E-state index in [9.17, 15) is 22.8 Å². The fourth-order valence-electron chi connectivity index (χ4n) is 5.42. The molecule has 5 rings (SSSR count). The molecule has 1 aliphatic rings. The summed E-state index contributed by atoms with van der Waals surface area (Å²) < 4.78 is 55.0. The fourth-order valence-corrected chi connectivity index (χ4v) is 5.42. The summed E-state index contributed by atoms with van der Waals surface area (Å²) in [5, 5.41) is 5.21. The van der Waals surface area contributed by atoms with Gasteiger partial charge in [-0.25, -0.2) is 9.78 Å². The topological polar surface area (TPSA) is 83.3 Å². The Balaban J connectivity index is 1.61. The molecule has 2 aromatic heterocycles. The standard InChI is InChI=1S/C31H30F3N3O4/c1-3-40-29(38)21-12-15-23(16-13-21)37-28(31(32,33)34)26(30(39)41-4-2)27(36-37)22-11-10-20-14-17-24(35-25(20)18-22)19-8-6-5-7-9-19/h5-11,14,17-18,21,23H,3-4,12-13,15-16H2,1-2H3. The molecule has 0 amide bonds. The Kier molecular flexibility index (Phi) is 8.10. The van der Waals surface area contributed by atoms with Crippen molar-refractivity contribution >= 4 is 22.8 Å². The van der Waals surface area contributed by atoms with Crippen molar-refractivity contribution in [3.8, 4) is 22.5 Å². The molecule has 2 aromatic carbocycles. The number of benzene rings is 2. The highest BCUT2D eigenvalue weighted by molar-refractivity contribution is 5.99. The Morgan fingerprint density at radius 2 is 1.59 bits per heavy atom. The molecular formula is C31H30F3N3O4. The lowest BCUT2D eigenvalue weighted by molar-refractivity contribution is -0.151. The Morgan fingerprint density at radius 3 is 2.24 bits per heavy atom. The van der Waals surface area contributed by atoms with Crippen LogP contribution in [0.4, 0.5) is 13.2 Å². The number of rotatable bonds is 7. The number of nitrogens with zero attached hydrogens (tertiary/aromatic N) is 3. The predicted molar refractivity (Wildman–Crippen MR) is 147 cm³/mol. The summed E-state index contributed by atoms with van der Waals surface area (Å²) in [6, 6.07) is 17.7. The highest BCUT2D eigenvalue weighted by Gasteiger charge is 2.45. The van der Waals surface area contributed by atoms with Gasteiger partial charge in [0.25, 0.3) is 0 Å². The third-order valence-electron chi connectivity index (χ3n) is 7.36. The monoisotopic (exact) mass is 565 g/mol. The number of pyridine rings is 1. The number of fused-ring (bicyclic) bond motifs is 1. The van der Waals surface area contributed by atoms with Gasteiger partial charge in [0.15, 0.2) is 5.69 Å². The Hall–Kier alpha value is -4.21. The molecule has 7 nitrogen and oxygen atoms in total. The van der Waals surface area contributed by atoms with Crippen LogP contribution in [0.3, 0.4) is 0 Å². The van der Waals surface area contributed by atoms with Crippen LogP contribution in [-0.2, 0) is 20.4 Å². The maximum atomic E-state index is 14.6. The summed E-state index contributed by atoms with van der Waals surface area (Å²) in [7, 11) is 0. The van der Waals surface area contributed by atoms with Gasteiger partial charge in [-0.2, -0.15) is 18.3 Å². The molecule has 1 aliphatic carbocycles. The molecule has 0 unspecified atom stereocenters. The van der Waals surface area contributed by atoms with E-state index in [-0.39, 0.29) is 43.6 Å². The predicted octanol–water partition coefficient (Wildman–Crippen LogP) is 7.26. The van der Waals surface area contributed by atoms with E-state index in [2.05, 4.69) is 5.10 Å². The van der Waals surface area contributed by atoms with E-state index in [4.69, 9.17) is 14.5 Å². The van der Waals surface area contributed by atoms with Gasteiger partial charge < -0.3 is 9.47 Å². The Labute approximate surface area is 235 Å². The molecule has 0 radical (unpaired) electrons. The molecule has 2 heterocycles. The summed E-state index contributed by atoms with van der Waals surface area (Å²) in [5.74, 6) is -1.80. The number of hydrogen-bond acceptors (Lipinski definition) is 6. The highest BCUT2D eigenvalue weighted by Crippen LogP contribution is 2.42. The van der Waals surface area contributed by atoms with Gasteiger partial charge in [-0.3, -0.25) is 9.48 Å². The quantitative estimate of drug-likeness (QED) is 0.220. The van der Waals surface area contributed by atoms with E-state index in [1.165, 1.54) is 6.92 Å². The molecular weight excluding hydrogens is 535 g/mol. The lowest BCUT2D eigenvalue weighted by Crippen LogP contribution is -2.28. The summed E-state index contributed by atoms with van der Waals surface area (Å²) >= 11 is 0. The molecule has 0 spiro atoms. The van der Waals surface area contributed by atoms with Crippen molar-refractivity contribution in [2.45, 2.75) is 51.7 Å². The summed E-state index contributed by atoms with van der Waals surface area (Å²) in [6.45, 7) is 3.41. The van der Waals surface area contributed by atoms with E-state index >= 15 is 0 Å². The van der Waals surface area contributed by atoms with Crippen LogP contribution in [0.1, 0.15) is 61.6 Å². The van der Waals surface area contributed by atoms with Crippen LogP contribution in [0, 0.1) is 5.92 Å². The number of alkyl halides is 3. The number of aromatic nitrogens is 3. The lowest BCUT2D eigenvalue weighted by atomic mass is 9.86. The van der Waals surface area contributed by atoms with E-state index < -0.39 is 29.4 Å². The molecule has 0 N–H and O–H groups in total. The molecule has 0 bridgehead atoms. The normalized spacial score (nSPS) is 17.4. The zero-order valence-electron chi connectivity index (χ0n) is 22.8. The van der Waals surface area contributed by atoms with Gasteiger partial charge in [0, 0.05) is 16.5 Å². The first-order valence-corrected chi connectivity index (χ1v) is 13.7. The van der Waals surface area contributed by atoms with Crippen LogP contribution < -0.4 is 0 Å². The van der Waals surface area contributed by atoms with E-state index in [0.29, 0.717) is 29.6 Å². The summed E-state index contributed by atoms with van der Waals surface area (Å²) in [5.41, 5.74) is 0.605. The van der Waals surface area contributed by atoms with Crippen LogP contribution in [0.25, 0.3) is 33.4 Å². The molecule has 4 aromatic rings. The van der Waals surface area contributed by atoms with Crippen molar-refractivity contribution in [2.75, 3.05) is 13.2 Å². The molecule has 0 atom stereocenters. The zero-order chi connectivity index (χ0) is 29.1. The molecule has 10 heteroatoms. The molecule has 41 heavy (non-hydrogen) atoms. The number of ether oxygens (including phenoxy) is 2. The van der Waals surface area contributed by atoms with Gasteiger partial charge >= 0.3 is 18.1 Å². The fraction of sp³-hybridized carbons (Fsp3) is 0.355. The van der Waals surface area contributed by atoms with Crippen molar-refractivity contribution in [1.29, 1.82) is 0 Å². The van der Waals surface area contributed by atoms with Crippen LogP contribution >= 0.6 is 0 Å². The molecule has 1 saturated carbocycles. The Morgan fingerprint density at radius 1 is 0.902 bits per heavy atom. The van der Waals surface area contributed by atoms with Gasteiger partial charge in [-0.05, 0) is 51.7 Å². The molecule has 214 valence electrons. The second kappa shape index (κ2) is 11.7. The van der Waals surface area contributed by atoms with Crippen LogP contribution in [-0.4, -0.2) is 39.9 Å². The first kappa shape index (κ1) is 28.3. The second-order valence-electron chi connectivity index (χ2n) is 9.96. The SMILES string of the molecule is CCOC(=O)c1c(-c2ccc3ccc(-c4ccccc4)nc3c2)nn(C2CCC(C(=O)OCC)CC2)c1C(F)(F)F. The van der Waals surface area contributed by atoms with Crippen molar-refractivity contribution in [3.63, 3.8) is 0 Å². The highest BCUT2D eigenvalue weighted by atomic mass is 19.4. The smallest absolute Gasteiger partial charge is 0.433 e. The van der Waals surface area contributed by atoms with E-state index in [1.54, 1.807) is 25.1 Å². The average molecular weight is 566 g/mol. The second-order valence-corrected chi connectivity index (χ2v) is 9.96. The van der Waals surface area contributed by atoms with Crippen molar-refractivity contribution in [3.05, 3.63) is 71.9 Å². The Bertz CT molecular complexity index is 1560. The van der Waals surface area contributed by atoms with E-state index in [1.807, 2.05) is 42.5 Å². The number of halogens is 3.